The molecular weight excluding hydrogens is 428 g/mol. The number of nitrogens with zero attached hydrogens (tertiary/aromatic N) is 2. The van der Waals surface area contributed by atoms with Crippen LogP contribution in [-0.2, 0) is 19.1 Å². The maximum absolute atomic E-state index is 13.8. The molecule has 4 rings (SSSR count). The highest BCUT2D eigenvalue weighted by molar-refractivity contribution is 8.02. The molecule has 1 N–H and O–H groups in total. The monoisotopic (exact) mass is 462 g/mol. The first-order valence-electron chi connectivity index (χ1n) is 11.9. The number of carbonyl (C=O) groups excluding carboxylic acids is 3. The van der Waals surface area contributed by atoms with Crippen molar-refractivity contribution in [2.24, 2.45) is 11.8 Å². The van der Waals surface area contributed by atoms with Gasteiger partial charge in [0.2, 0.25) is 11.8 Å². The predicted octanol–water partition coefficient (Wildman–Crippen LogP) is 2.15. The summed E-state index contributed by atoms with van der Waals surface area (Å²) in [6, 6.07) is -0.629. The molecule has 0 aromatic heterocycles. The van der Waals surface area contributed by atoms with Crippen LogP contribution >= 0.6 is 11.8 Å². The Morgan fingerprint density at radius 3 is 2.78 bits per heavy atom. The Labute approximate surface area is 194 Å². The van der Waals surface area contributed by atoms with E-state index in [4.69, 9.17) is 4.74 Å². The molecule has 4 aliphatic rings. The average molecular weight is 463 g/mol. The number of amides is 2. The molecule has 1 spiro atoms. The number of aliphatic hydroxyl groups is 1. The molecule has 1 unspecified atom stereocenters. The topological polar surface area (TPSA) is 87.2 Å². The van der Waals surface area contributed by atoms with Crippen molar-refractivity contribution in [1.29, 1.82) is 0 Å². The summed E-state index contributed by atoms with van der Waals surface area (Å²) in [5.41, 5.74) is 0. The first-order chi connectivity index (χ1) is 15.5. The van der Waals surface area contributed by atoms with Crippen LogP contribution in [0.2, 0.25) is 0 Å². The zero-order valence-corrected chi connectivity index (χ0v) is 19.6. The Kier molecular flexibility index (Phi) is 7.30. The number of rotatable bonds is 7. The van der Waals surface area contributed by atoms with Crippen molar-refractivity contribution < 1.29 is 24.2 Å². The number of hydrogen-bond acceptors (Lipinski definition) is 6. The van der Waals surface area contributed by atoms with Gasteiger partial charge in [0.05, 0.1) is 23.2 Å². The highest BCUT2D eigenvalue weighted by Gasteiger charge is 2.70. The molecule has 0 aromatic rings. The predicted molar refractivity (Wildman–Crippen MR) is 123 cm³/mol. The third-order valence-electron chi connectivity index (χ3n) is 7.02. The molecule has 0 aliphatic carbocycles. The minimum atomic E-state index is -0.772. The summed E-state index contributed by atoms with van der Waals surface area (Å²) < 4.78 is 4.79. The van der Waals surface area contributed by atoms with Gasteiger partial charge in [-0.3, -0.25) is 14.4 Å². The summed E-state index contributed by atoms with van der Waals surface area (Å²) in [6.07, 6.45) is 12.9. The standard InChI is InChI=1S/C24H34N2O5S/c1-2-3-12-25-13-9-11-24-19(18-17(32-24)10-5-4-8-16-31-23(18)30)21(28)26(14-6-7-15-27)20(24)22(25)29/h5,9-11,17-20,27H,2-4,6-8,12-16H2,1H3/b10-5-/t17-,18+,19+,20?,24+/m1/s1. The summed E-state index contributed by atoms with van der Waals surface area (Å²) >= 11 is 1.59. The van der Waals surface area contributed by atoms with E-state index in [9.17, 15) is 19.5 Å². The summed E-state index contributed by atoms with van der Waals surface area (Å²) in [5.74, 6) is -1.69. The molecule has 8 heteroatoms. The molecule has 32 heavy (non-hydrogen) atoms. The fourth-order valence-corrected chi connectivity index (χ4v) is 7.49. The van der Waals surface area contributed by atoms with Crippen LogP contribution in [0.15, 0.2) is 24.3 Å². The van der Waals surface area contributed by atoms with Crippen molar-refractivity contribution >= 4 is 29.5 Å². The molecule has 4 aliphatic heterocycles. The molecule has 0 aromatic carbocycles. The van der Waals surface area contributed by atoms with Crippen LogP contribution in [0.5, 0.6) is 0 Å². The second-order valence-corrected chi connectivity index (χ2v) is 10.6. The van der Waals surface area contributed by atoms with Gasteiger partial charge >= 0.3 is 5.97 Å². The van der Waals surface area contributed by atoms with Crippen molar-refractivity contribution in [1.82, 2.24) is 9.80 Å². The molecule has 0 radical (unpaired) electrons. The number of unbranched alkanes of at least 4 members (excludes halogenated alkanes) is 2. The summed E-state index contributed by atoms with van der Waals surface area (Å²) in [6.45, 7) is 4.10. The molecule has 0 bridgehead atoms. The van der Waals surface area contributed by atoms with E-state index < -0.39 is 22.6 Å². The van der Waals surface area contributed by atoms with E-state index in [2.05, 4.69) is 13.0 Å². The zero-order chi connectivity index (χ0) is 22.7. The molecule has 176 valence electrons. The Balaban J connectivity index is 1.75. The smallest absolute Gasteiger partial charge is 0.311 e. The van der Waals surface area contributed by atoms with Crippen molar-refractivity contribution in [2.75, 3.05) is 32.8 Å². The van der Waals surface area contributed by atoms with Gasteiger partial charge in [0.1, 0.15) is 6.04 Å². The number of cyclic esters (lactones) is 1. The third-order valence-corrected chi connectivity index (χ3v) is 8.77. The lowest BCUT2D eigenvalue weighted by atomic mass is 9.78. The number of carbonyl (C=O) groups is 3. The van der Waals surface area contributed by atoms with Crippen LogP contribution < -0.4 is 0 Å². The van der Waals surface area contributed by atoms with Crippen LogP contribution in [0.25, 0.3) is 0 Å². The molecule has 7 nitrogen and oxygen atoms in total. The number of aliphatic hydroxyl groups excluding tert-OH is 1. The highest BCUT2D eigenvalue weighted by Crippen LogP contribution is 2.60. The second-order valence-electron chi connectivity index (χ2n) is 9.08. The summed E-state index contributed by atoms with van der Waals surface area (Å²) in [7, 11) is 0. The first-order valence-corrected chi connectivity index (χ1v) is 12.8. The molecule has 2 amide bonds. The Bertz CT molecular complexity index is 799. The number of esters is 1. The average Bonchev–Trinajstić information content (AvgIpc) is 3.18. The van der Waals surface area contributed by atoms with E-state index in [-0.39, 0.29) is 29.6 Å². The Morgan fingerprint density at radius 1 is 1.16 bits per heavy atom. The Hall–Kier alpha value is -1.80. The van der Waals surface area contributed by atoms with E-state index in [1.807, 2.05) is 23.1 Å². The van der Waals surface area contributed by atoms with E-state index in [1.165, 1.54) is 0 Å². The molecular formula is C24H34N2O5S. The van der Waals surface area contributed by atoms with Gasteiger partial charge in [0.15, 0.2) is 0 Å². The second kappa shape index (κ2) is 10.00. The van der Waals surface area contributed by atoms with Gasteiger partial charge in [0, 0.05) is 31.5 Å². The molecule has 4 heterocycles. The fourth-order valence-electron chi connectivity index (χ4n) is 5.48. The lowest BCUT2D eigenvalue weighted by Gasteiger charge is -2.35. The van der Waals surface area contributed by atoms with Crippen molar-refractivity contribution in [3.63, 3.8) is 0 Å². The lowest BCUT2D eigenvalue weighted by molar-refractivity contribution is -0.153. The first kappa shape index (κ1) is 23.4. The number of likely N-dealkylation sites (tertiary alicyclic amines) is 1. The van der Waals surface area contributed by atoms with Crippen LogP contribution in [0.3, 0.4) is 0 Å². The van der Waals surface area contributed by atoms with E-state index in [0.717, 1.165) is 25.7 Å². The number of ether oxygens (including phenoxy) is 1. The molecule has 2 fully saturated rings. The van der Waals surface area contributed by atoms with E-state index >= 15 is 0 Å². The van der Waals surface area contributed by atoms with Crippen molar-refractivity contribution in [3.8, 4) is 0 Å². The van der Waals surface area contributed by atoms with Gasteiger partial charge in [-0.25, -0.2) is 0 Å². The molecule has 2 saturated heterocycles. The SMILES string of the molecule is CCCCN1CC=C[C@]23S[C@@H]4/C=C\CCCOC(=O)[C@@H]4[C@H]2C(=O)N(CCCCO)C3C1=O. The van der Waals surface area contributed by atoms with Crippen LogP contribution in [-0.4, -0.2) is 81.6 Å². The van der Waals surface area contributed by atoms with E-state index in [1.54, 1.807) is 16.7 Å². The number of allylic oxidation sites excluding steroid dienone is 1. The summed E-state index contributed by atoms with van der Waals surface area (Å²) in [5, 5.41) is 9.06. The van der Waals surface area contributed by atoms with Crippen LogP contribution in [0.1, 0.15) is 45.4 Å². The van der Waals surface area contributed by atoms with Crippen LogP contribution in [0.4, 0.5) is 0 Å². The quantitative estimate of drug-likeness (QED) is 0.354. The van der Waals surface area contributed by atoms with Gasteiger partial charge in [-0.05, 0) is 32.1 Å². The lowest BCUT2D eigenvalue weighted by Crippen LogP contribution is -2.53. The van der Waals surface area contributed by atoms with Crippen molar-refractivity contribution in [3.05, 3.63) is 24.3 Å². The number of fused-ring (bicyclic) bond motifs is 2. The van der Waals surface area contributed by atoms with Crippen molar-refractivity contribution in [2.45, 2.75) is 61.5 Å². The molecule has 0 saturated carbocycles. The largest absolute Gasteiger partial charge is 0.465 e. The zero-order valence-electron chi connectivity index (χ0n) is 18.8. The van der Waals surface area contributed by atoms with Gasteiger partial charge in [-0.1, -0.05) is 37.6 Å². The van der Waals surface area contributed by atoms with Gasteiger partial charge in [-0.2, -0.15) is 0 Å². The summed E-state index contributed by atoms with van der Waals surface area (Å²) in [4.78, 5) is 44.3. The normalized spacial score (nSPS) is 35.4. The molecule has 5 atom stereocenters. The maximum atomic E-state index is 13.8. The minimum Gasteiger partial charge on any atom is -0.465 e. The fraction of sp³-hybridized carbons (Fsp3) is 0.708. The number of hydrogen-bond donors (Lipinski definition) is 1. The van der Waals surface area contributed by atoms with Crippen LogP contribution in [0, 0.1) is 11.8 Å². The maximum Gasteiger partial charge on any atom is 0.311 e. The van der Waals surface area contributed by atoms with Gasteiger partial charge in [0.25, 0.3) is 0 Å². The number of thioether (sulfide) groups is 1. The van der Waals surface area contributed by atoms with Gasteiger partial charge in [-0.15, -0.1) is 11.8 Å². The highest BCUT2D eigenvalue weighted by atomic mass is 32.2. The van der Waals surface area contributed by atoms with Gasteiger partial charge < -0.3 is 19.6 Å². The minimum absolute atomic E-state index is 0.0281. The third kappa shape index (κ3) is 4.00. The Morgan fingerprint density at radius 2 is 2.00 bits per heavy atom. The van der Waals surface area contributed by atoms with E-state index in [0.29, 0.717) is 39.1 Å².